The number of carbonyl (C=O) groups is 2. The zero-order valence-corrected chi connectivity index (χ0v) is 20.8. The van der Waals surface area contributed by atoms with E-state index in [0.29, 0.717) is 54.0 Å². The SMILES string of the molecule is CCOc1cc(C2C(C(=O)OC(C)CC)=C(C)NC3=C2C(=O)CC(c2ccccc2)C3)ccc1O. The van der Waals surface area contributed by atoms with Crippen LogP contribution in [0, 0.1) is 0 Å². The van der Waals surface area contributed by atoms with Gasteiger partial charge in [0, 0.05) is 29.3 Å². The number of allylic oxidation sites excluding steroid dienone is 3. The number of aromatic hydroxyl groups is 1. The highest BCUT2D eigenvalue weighted by Gasteiger charge is 2.41. The minimum atomic E-state index is -0.605. The van der Waals surface area contributed by atoms with Crippen molar-refractivity contribution in [2.45, 2.75) is 64.9 Å². The maximum absolute atomic E-state index is 13.7. The number of hydrogen-bond acceptors (Lipinski definition) is 6. The molecule has 2 aliphatic rings. The number of ketones is 1. The minimum absolute atomic E-state index is 0.00461. The van der Waals surface area contributed by atoms with Gasteiger partial charge in [0.15, 0.2) is 17.3 Å². The van der Waals surface area contributed by atoms with Crippen LogP contribution in [0.1, 0.15) is 69.9 Å². The third-order valence-electron chi connectivity index (χ3n) is 6.82. The number of phenols is 1. The molecule has 0 spiro atoms. The highest BCUT2D eigenvalue weighted by Crippen LogP contribution is 2.47. The number of nitrogens with one attached hydrogen (secondary N) is 1. The summed E-state index contributed by atoms with van der Waals surface area (Å²) in [6, 6.07) is 15.1. The number of esters is 1. The van der Waals surface area contributed by atoms with Crippen LogP contribution in [0.2, 0.25) is 0 Å². The lowest BCUT2D eigenvalue weighted by atomic mass is 9.71. The predicted molar refractivity (Wildman–Crippen MR) is 134 cm³/mol. The Kier molecular flexibility index (Phi) is 7.29. The van der Waals surface area contributed by atoms with E-state index in [2.05, 4.69) is 17.4 Å². The second-order valence-corrected chi connectivity index (χ2v) is 9.21. The van der Waals surface area contributed by atoms with Gasteiger partial charge in [-0.05, 0) is 62.8 Å². The Bertz CT molecular complexity index is 1180. The van der Waals surface area contributed by atoms with E-state index in [4.69, 9.17) is 9.47 Å². The molecule has 3 unspecified atom stereocenters. The predicted octanol–water partition coefficient (Wildman–Crippen LogP) is 5.49. The first kappa shape index (κ1) is 24.6. The van der Waals surface area contributed by atoms with Gasteiger partial charge in [-0.3, -0.25) is 4.79 Å². The van der Waals surface area contributed by atoms with Gasteiger partial charge in [0.05, 0.1) is 18.3 Å². The zero-order valence-electron chi connectivity index (χ0n) is 20.8. The molecule has 2 aromatic rings. The molecule has 0 fully saturated rings. The van der Waals surface area contributed by atoms with Crippen molar-refractivity contribution >= 4 is 11.8 Å². The largest absolute Gasteiger partial charge is 0.504 e. The Morgan fingerprint density at radius 1 is 1.11 bits per heavy atom. The van der Waals surface area contributed by atoms with Gasteiger partial charge in [-0.2, -0.15) is 0 Å². The number of Topliss-reactive ketones (excluding diaryl/α,β-unsaturated/α-hetero) is 1. The summed E-state index contributed by atoms with van der Waals surface area (Å²) in [5.74, 6) is -0.636. The van der Waals surface area contributed by atoms with E-state index in [-0.39, 0.29) is 23.6 Å². The van der Waals surface area contributed by atoms with Crippen molar-refractivity contribution in [3.05, 3.63) is 82.2 Å². The summed E-state index contributed by atoms with van der Waals surface area (Å²) in [6.07, 6.45) is 1.48. The van der Waals surface area contributed by atoms with Crippen molar-refractivity contribution < 1.29 is 24.2 Å². The summed E-state index contributed by atoms with van der Waals surface area (Å²) < 4.78 is 11.3. The Hall–Kier alpha value is -3.54. The van der Waals surface area contributed by atoms with Crippen LogP contribution >= 0.6 is 0 Å². The molecule has 0 bridgehead atoms. The molecule has 1 aliphatic carbocycles. The summed E-state index contributed by atoms with van der Waals surface area (Å²) in [4.78, 5) is 27.0. The fourth-order valence-electron chi connectivity index (χ4n) is 4.91. The van der Waals surface area contributed by atoms with Crippen LogP contribution in [0.15, 0.2) is 71.1 Å². The van der Waals surface area contributed by atoms with Crippen LogP contribution < -0.4 is 10.1 Å². The molecule has 1 heterocycles. The third-order valence-corrected chi connectivity index (χ3v) is 6.82. The van der Waals surface area contributed by atoms with E-state index in [1.165, 1.54) is 0 Å². The molecule has 35 heavy (non-hydrogen) atoms. The Labute approximate surface area is 206 Å². The van der Waals surface area contributed by atoms with E-state index in [1.807, 2.05) is 45.9 Å². The molecule has 2 N–H and O–H groups in total. The number of ether oxygens (including phenoxy) is 2. The van der Waals surface area contributed by atoms with Crippen molar-refractivity contribution in [3.8, 4) is 11.5 Å². The van der Waals surface area contributed by atoms with Gasteiger partial charge in [0.25, 0.3) is 0 Å². The van der Waals surface area contributed by atoms with Crippen molar-refractivity contribution in [1.29, 1.82) is 0 Å². The van der Waals surface area contributed by atoms with E-state index in [1.54, 1.807) is 18.2 Å². The normalized spacial score (nSPS) is 20.7. The maximum atomic E-state index is 13.7. The molecule has 4 rings (SSSR count). The number of phenolic OH excluding ortho intramolecular Hbond substituents is 1. The van der Waals surface area contributed by atoms with Crippen LogP contribution in [0.4, 0.5) is 0 Å². The lowest BCUT2D eigenvalue weighted by Crippen LogP contribution is -2.36. The smallest absolute Gasteiger partial charge is 0.337 e. The first-order chi connectivity index (χ1) is 16.8. The molecular formula is C29H33NO5. The zero-order chi connectivity index (χ0) is 25.1. The number of benzene rings is 2. The van der Waals surface area contributed by atoms with Gasteiger partial charge in [-0.15, -0.1) is 0 Å². The van der Waals surface area contributed by atoms with Gasteiger partial charge in [-0.25, -0.2) is 4.79 Å². The van der Waals surface area contributed by atoms with Crippen molar-refractivity contribution in [2.24, 2.45) is 0 Å². The minimum Gasteiger partial charge on any atom is -0.504 e. The van der Waals surface area contributed by atoms with Crippen molar-refractivity contribution in [1.82, 2.24) is 5.32 Å². The maximum Gasteiger partial charge on any atom is 0.337 e. The summed E-state index contributed by atoms with van der Waals surface area (Å²) in [5, 5.41) is 13.6. The van der Waals surface area contributed by atoms with Gasteiger partial charge < -0.3 is 19.9 Å². The average Bonchev–Trinajstić information content (AvgIpc) is 2.85. The molecule has 2 aromatic carbocycles. The third kappa shape index (κ3) is 4.97. The standard InChI is InChI=1S/C29H33NO5/c1-5-17(3)35-29(33)26-18(4)30-22-14-21(19-10-8-7-9-11-19)15-24(32)28(22)27(26)20-12-13-23(31)25(16-20)34-6-2/h7-13,16-17,21,27,30-31H,5-6,14-15H2,1-4H3. The van der Waals surface area contributed by atoms with Crippen LogP contribution in [-0.2, 0) is 14.3 Å². The Balaban J connectivity index is 1.81. The van der Waals surface area contributed by atoms with E-state index in [0.717, 1.165) is 11.3 Å². The quantitative estimate of drug-likeness (QED) is 0.515. The topological polar surface area (TPSA) is 84.9 Å². The summed E-state index contributed by atoms with van der Waals surface area (Å²) in [7, 11) is 0. The number of carbonyl (C=O) groups excluding carboxylic acids is 2. The summed E-state index contributed by atoms with van der Waals surface area (Å²) in [5.41, 5.74) is 4.36. The molecule has 1 aliphatic heterocycles. The van der Waals surface area contributed by atoms with Gasteiger partial charge >= 0.3 is 5.97 Å². The second kappa shape index (κ2) is 10.4. The highest BCUT2D eigenvalue weighted by molar-refractivity contribution is 6.04. The molecule has 0 amide bonds. The monoisotopic (exact) mass is 475 g/mol. The number of dihydropyridines is 1. The fourth-order valence-corrected chi connectivity index (χ4v) is 4.91. The summed E-state index contributed by atoms with van der Waals surface area (Å²) in [6.45, 7) is 7.88. The van der Waals surface area contributed by atoms with Crippen molar-refractivity contribution in [2.75, 3.05) is 6.61 Å². The van der Waals surface area contributed by atoms with E-state index < -0.39 is 11.9 Å². The molecule has 6 nitrogen and oxygen atoms in total. The Morgan fingerprint density at radius 3 is 2.54 bits per heavy atom. The lowest BCUT2D eigenvalue weighted by molar-refractivity contribution is -0.144. The molecule has 0 radical (unpaired) electrons. The summed E-state index contributed by atoms with van der Waals surface area (Å²) >= 11 is 0. The fraction of sp³-hybridized carbons (Fsp3) is 0.379. The first-order valence-corrected chi connectivity index (χ1v) is 12.3. The highest BCUT2D eigenvalue weighted by atomic mass is 16.5. The van der Waals surface area contributed by atoms with Gasteiger partial charge in [-0.1, -0.05) is 43.3 Å². The average molecular weight is 476 g/mol. The molecular weight excluding hydrogens is 442 g/mol. The van der Waals surface area contributed by atoms with E-state index >= 15 is 0 Å². The molecule has 0 aromatic heterocycles. The molecule has 0 saturated carbocycles. The van der Waals surface area contributed by atoms with Crippen LogP contribution in [0.3, 0.4) is 0 Å². The molecule has 3 atom stereocenters. The van der Waals surface area contributed by atoms with Crippen LogP contribution in [-0.4, -0.2) is 29.6 Å². The molecule has 0 saturated heterocycles. The number of hydrogen-bond donors (Lipinski definition) is 2. The van der Waals surface area contributed by atoms with Gasteiger partial charge in [0.1, 0.15) is 0 Å². The number of rotatable bonds is 7. The van der Waals surface area contributed by atoms with Crippen LogP contribution in [0.5, 0.6) is 11.5 Å². The van der Waals surface area contributed by atoms with Crippen LogP contribution in [0.25, 0.3) is 0 Å². The molecule has 6 heteroatoms. The van der Waals surface area contributed by atoms with E-state index in [9.17, 15) is 14.7 Å². The first-order valence-electron chi connectivity index (χ1n) is 12.3. The van der Waals surface area contributed by atoms with Gasteiger partial charge in [0.2, 0.25) is 0 Å². The van der Waals surface area contributed by atoms with Crippen molar-refractivity contribution in [3.63, 3.8) is 0 Å². The Morgan fingerprint density at radius 2 is 1.86 bits per heavy atom. The lowest BCUT2D eigenvalue weighted by Gasteiger charge is -2.37. The second-order valence-electron chi connectivity index (χ2n) is 9.21. The molecule has 184 valence electrons.